The Morgan fingerprint density at radius 3 is 2.41 bits per heavy atom. The predicted octanol–water partition coefficient (Wildman–Crippen LogP) is 3.28. The molecule has 1 saturated heterocycles. The van der Waals surface area contributed by atoms with Crippen LogP contribution in [0.3, 0.4) is 0 Å². The molecular weight excluding hydrogens is 208 g/mol. The number of nitrogens with zero attached hydrogens (tertiary/aromatic N) is 1. The van der Waals surface area contributed by atoms with Crippen LogP contribution in [0, 0.1) is 6.92 Å². The van der Waals surface area contributed by atoms with Gasteiger partial charge in [-0.25, -0.2) is 0 Å². The van der Waals surface area contributed by atoms with E-state index in [0.717, 1.165) is 0 Å². The zero-order chi connectivity index (χ0) is 12.3. The van der Waals surface area contributed by atoms with Crippen LogP contribution in [-0.2, 0) is 0 Å². The van der Waals surface area contributed by atoms with Crippen molar-refractivity contribution in [3.63, 3.8) is 0 Å². The summed E-state index contributed by atoms with van der Waals surface area (Å²) in [7, 11) is 0. The molecule has 1 aliphatic heterocycles. The molecule has 0 atom stereocenters. The molecule has 2 rings (SSSR count). The van der Waals surface area contributed by atoms with Gasteiger partial charge in [-0.1, -0.05) is 18.2 Å². The van der Waals surface area contributed by atoms with Gasteiger partial charge in [0.1, 0.15) is 0 Å². The van der Waals surface area contributed by atoms with Crippen LogP contribution in [0.15, 0.2) is 24.3 Å². The van der Waals surface area contributed by atoms with Crippen molar-refractivity contribution in [2.45, 2.75) is 45.7 Å². The lowest BCUT2D eigenvalue weighted by atomic mass is 10.0. The quantitative estimate of drug-likeness (QED) is 0.860. The van der Waals surface area contributed by atoms with Crippen molar-refractivity contribution >= 4 is 5.69 Å². The molecule has 0 spiro atoms. The second-order valence-electron chi connectivity index (χ2n) is 5.36. The van der Waals surface area contributed by atoms with E-state index in [1.807, 2.05) is 0 Å². The number of piperidine rings is 1. The third-order valence-electron chi connectivity index (χ3n) is 3.76. The average molecular weight is 232 g/mol. The second-order valence-corrected chi connectivity index (χ2v) is 5.36. The fourth-order valence-corrected chi connectivity index (χ4v) is 2.51. The zero-order valence-corrected chi connectivity index (χ0v) is 11.2. The van der Waals surface area contributed by atoms with E-state index >= 15 is 0 Å². The van der Waals surface area contributed by atoms with E-state index < -0.39 is 0 Å². The monoisotopic (exact) mass is 232 g/mol. The van der Waals surface area contributed by atoms with Crippen molar-refractivity contribution in [3.8, 4) is 0 Å². The number of para-hydroxylation sites is 1. The van der Waals surface area contributed by atoms with E-state index in [2.05, 4.69) is 55.3 Å². The number of benzene rings is 1. The van der Waals surface area contributed by atoms with Crippen molar-refractivity contribution in [1.29, 1.82) is 0 Å². The van der Waals surface area contributed by atoms with Gasteiger partial charge in [0, 0.05) is 30.9 Å². The summed E-state index contributed by atoms with van der Waals surface area (Å²) in [5, 5.41) is 3.68. The molecule has 1 aromatic rings. The maximum absolute atomic E-state index is 3.68. The molecule has 1 aromatic carbocycles. The van der Waals surface area contributed by atoms with Gasteiger partial charge in [-0.2, -0.15) is 0 Å². The topological polar surface area (TPSA) is 15.3 Å². The third-order valence-corrected chi connectivity index (χ3v) is 3.76. The number of rotatable bonds is 3. The largest absolute Gasteiger partial charge is 0.382 e. The molecule has 0 saturated carbocycles. The standard InChI is InChI=1S/C15H24N2/c1-12(2)17-10-8-14(9-11-17)16-15-7-5-4-6-13(15)3/h4-7,12,14,16H,8-11H2,1-3H3. The minimum Gasteiger partial charge on any atom is -0.382 e. The third kappa shape index (κ3) is 3.22. The summed E-state index contributed by atoms with van der Waals surface area (Å²) in [6, 6.07) is 9.90. The summed E-state index contributed by atoms with van der Waals surface area (Å²) < 4.78 is 0. The van der Waals surface area contributed by atoms with Crippen molar-refractivity contribution < 1.29 is 0 Å². The summed E-state index contributed by atoms with van der Waals surface area (Å²) in [6.07, 6.45) is 2.51. The molecule has 1 fully saturated rings. The van der Waals surface area contributed by atoms with Crippen molar-refractivity contribution in [1.82, 2.24) is 4.90 Å². The average Bonchev–Trinajstić information content (AvgIpc) is 2.33. The van der Waals surface area contributed by atoms with Gasteiger partial charge >= 0.3 is 0 Å². The molecule has 0 aromatic heterocycles. The summed E-state index contributed by atoms with van der Waals surface area (Å²) >= 11 is 0. The van der Waals surface area contributed by atoms with Gasteiger partial charge in [0.25, 0.3) is 0 Å². The minimum atomic E-state index is 0.645. The Bertz CT molecular complexity index is 352. The fourth-order valence-electron chi connectivity index (χ4n) is 2.51. The van der Waals surface area contributed by atoms with Gasteiger partial charge in [-0.05, 0) is 45.2 Å². The molecule has 0 bridgehead atoms. The number of nitrogens with one attached hydrogen (secondary N) is 1. The van der Waals surface area contributed by atoms with E-state index in [4.69, 9.17) is 0 Å². The molecule has 17 heavy (non-hydrogen) atoms. The Morgan fingerprint density at radius 2 is 1.82 bits per heavy atom. The van der Waals surface area contributed by atoms with Crippen LogP contribution >= 0.6 is 0 Å². The van der Waals surface area contributed by atoms with Crippen LogP contribution < -0.4 is 5.32 Å². The Kier molecular flexibility index (Phi) is 4.06. The van der Waals surface area contributed by atoms with Crippen LogP contribution in [0.2, 0.25) is 0 Å². The molecule has 1 aliphatic rings. The van der Waals surface area contributed by atoms with E-state index in [1.54, 1.807) is 0 Å². The van der Waals surface area contributed by atoms with Crippen molar-refractivity contribution in [2.75, 3.05) is 18.4 Å². The highest BCUT2D eigenvalue weighted by Crippen LogP contribution is 2.20. The summed E-state index contributed by atoms with van der Waals surface area (Å²) in [5.74, 6) is 0. The highest BCUT2D eigenvalue weighted by molar-refractivity contribution is 5.50. The van der Waals surface area contributed by atoms with Crippen LogP contribution in [0.4, 0.5) is 5.69 Å². The number of aryl methyl sites for hydroxylation is 1. The van der Waals surface area contributed by atoms with Gasteiger partial charge < -0.3 is 10.2 Å². The molecule has 0 aliphatic carbocycles. The molecule has 1 heterocycles. The molecule has 0 radical (unpaired) electrons. The lowest BCUT2D eigenvalue weighted by Gasteiger charge is -2.35. The number of anilines is 1. The molecule has 2 nitrogen and oxygen atoms in total. The Balaban J connectivity index is 1.88. The molecule has 0 unspecified atom stereocenters. The van der Waals surface area contributed by atoms with Gasteiger partial charge in [-0.3, -0.25) is 0 Å². The Morgan fingerprint density at radius 1 is 1.18 bits per heavy atom. The minimum absolute atomic E-state index is 0.645. The van der Waals surface area contributed by atoms with Crippen molar-refractivity contribution in [2.24, 2.45) is 0 Å². The Labute approximate surface area is 105 Å². The summed E-state index contributed by atoms with van der Waals surface area (Å²) in [4.78, 5) is 2.57. The first-order chi connectivity index (χ1) is 8.16. The van der Waals surface area contributed by atoms with E-state index in [-0.39, 0.29) is 0 Å². The number of hydrogen-bond acceptors (Lipinski definition) is 2. The molecule has 0 amide bonds. The summed E-state index contributed by atoms with van der Waals surface area (Å²) in [5.41, 5.74) is 2.65. The summed E-state index contributed by atoms with van der Waals surface area (Å²) in [6.45, 7) is 9.19. The SMILES string of the molecule is Cc1ccccc1NC1CCN(C(C)C)CC1. The van der Waals surface area contributed by atoms with Crippen LogP contribution in [0.1, 0.15) is 32.3 Å². The second kappa shape index (κ2) is 5.54. The van der Waals surface area contributed by atoms with Crippen LogP contribution in [0.25, 0.3) is 0 Å². The van der Waals surface area contributed by atoms with Gasteiger partial charge in [0.2, 0.25) is 0 Å². The predicted molar refractivity (Wildman–Crippen MR) is 74.5 cm³/mol. The lowest BCUT2D eigenvalue weighted by molar-refractivity contribution is 0.177. The molecular formula is C15H24N2. The normalized spacial score (nSPS) is 18.6. The van der Waals surface area contributed by atoms with Crippen LogP contribution in [0.5, 0.6) is 0 Å². The fraction of sp³-hybridized carbons (Fsp3) is 0.600. The van der Waals surface area contributed by atoms with Gasteiger partial charge in [-0.15, -0.1) is 0 Å². The molecule has 2 heteroatoms. The van der Waals surface area contributed by atoms with Crippen LogP contribution in [-0.4, -0.2) is 30.1 Å². The van der Waals surface area contributed by atoms with Gasteiger partial charge in [0.05, 0.1) is 0 Å². The molecule has 94 valence electrons. The first kappa shape index (κ1) is 12.4. The van der Waals surface area contributed by atoms with E-state index in [9.17, 15) is 0 Å². The van der Waals surface area contributed by atoms with Gasteiger partial charge in [0.15, 0.2) is 0 Å². The smallest absolute Gasteiger partial charge is 0.0372 e. The van der Waals surface area contributed by atoms with E-state index in [0.29, 0.717) is 12.1 Å². The Hall–Kier alpha value is -1.02. The highest BCUT2D eigenvalue weighted by atomic mass is 15.2. The first-order valence-corrected chi connectivity index (χ1v) is 6.73. The first-order valence-electron chi connectivity index (χ1n) is 6.73. The lowest BCUT2D eigenvalue weighted by Crippen LogP contribution is -2.42. The van der Waals surface area contributed by atoms with E-state index in [1.165, 1.54) is 37.2 Å². The number of likely N-dealkylation sites (tertiary alicyclic amines) is 1. The highest BCUT2D eigenvalue weighted by Gasteiger charge is 2.20. The molecule has 1 N–H and O–H groups in total. The number of hydrogen-bond donors (Lipinski definition) is 1. The zero-order valence-electron chi connectivity index (χ0n) is 11.2. The maximum Gasteiger partial charge on any atom is 0.0372 e. The maximum atomic E-state index is 3.68. The van der Waals surface area contributed by atoms with Crippen molar-refractivity contribution in [3.05, 3.63) is 29.8 Å².